The fourth-order valence-corrected chi connectivity index (χ4v) is 4.64. The van der Waals surface area contributed by atoms with Crippen LogP contribution in [0.5, 0.6) is 0 Å². The molecule has 0 aliphatic heterocycles. The molecule has 3 aromatic heterocycles. The molecule has 31 heavy (non-hydrogen) atoms. The van der Waals surface area contributed by atoms with Crippen LogP contribution in [-0.2, 0) is 6.42 Å². The minimum atomic E-state index is -0.268. The van der Waals surface area contributed by atoms with Gasteiger partial charge in [-0.1, -0.05) is 38.1 Å². The normalized spacial score (nSPS) is 11.6. The first-order valence-corrected chi connectivity index (χ1v) is 11.2. The molecule has 0 bridgehead atoms. The van der Waals surface area contributed by atoms with E-state index in [2.05, 4.69) is 68.7 Å². The van der Waals surface area contributed by atoms with Crippen molar-refractivity contribution < 1.29 is 4.39 Å². The van der Waals surface area contributed by atoms with Gasteiger partial charge in [-0.05, 0) is 35.2 Å². The number of imidazole rings is 1. The second kappa shape index (κ2) is 8.07. The van der Waals surface area contributed by atoms with E-state index < -0.39 is 0 Å². The molecule has 0 aliphatic rings. The van der Waals surface area contributed by atoms with E-state index in [1.54, 1.807) is 23.7 Å². The second-order valence-electron chi connectivity index (χ2n) is 7.85. The lowest BCUT2D eigenvalue weighted by Gasteiger charge is -2.09. The molecule has 0 spiro atoms. The Bertz CT molecular complexity index is 1350. The van der Waals surface area contributed by atoms with Crippen LogP contribution in [0.2, 0.25) is 0 Å². The van der Waals surface area contributed by atoms with Crippen molar-refractivity contribution in [3.8, 4) is 11.1 Å². The highest BCUT2D eigenvalue weighted by Gasteiger charge is 2.13. The van der Waals surface area contributed by atoms with Crippen molar-refractivity contribution in [2.45, 2.75) is 26.2 Å². The number of halogens is 1. The number of hydrogen-bond donors (Lipinski definition) is 2. The van der Waals surface area contributed by atoms with E-state index in [1.807, 2.05) is 0 Å². The molecule has 5 aromatic rings. The lowest BCUT2D eigenvalue weighted by Crippen LogP contribution is -2.07. The molecular formula is C24H22FN5S. The first-order valence-electron chi connectivity index (χ1n) is 10.3. The summed E-state index contributed by atoms with van der Waals surface area (Å²) >= 11 is 1.62. The smallest absolute Gasteiger partial charge is 0.138 e. The van der Waals surface area contributed by atoms with Crippen molar-refractivity contribution in [3.05, 3.63) is 71.4 Å². The predicted molar refractivity (Wildman–Crippen MR) is 125 cm³/mol. The molecule has 7 heteroatoms. The Morgan fingerprint density at radius 2 is 1.94 bits per heavy atom. The number of nitrogens with one attached hydrogen (secondary N) is 2. The molecule has 156 valence electrons. The maximum atomic E-state index is 13.4. The standard InChI is InChI=1S/C24H22FN5S/c1-14(2)15-3-5-16(6-4-15)18-12-31-24-22(18)23(27-13-28-24)26-10-9-21-29-19-8-7-17(25)11-20(19)30-21/h3-8,11-14H,9-10H2,1-2H3,(H,29,30)(H,26,27,28). The van der Waals surface area contributed by atoms with Gasteiger partial charge in [0.25, 0.3) is 0 Å². The number of nitrogens with zero attached hydrogens (tertiary/aromatic N) is 3. The Morgan fingerprint density at radius 1 is 1.10 bits per heavy atom. The lowest BCUT2D eigenvalue weighted by atomic mass is 9.99. The van der Waals surface area contributed by atoms with Crippen LogP contribution in [0.15, 0.2) is 54.2 Å². The third-order valence-electron chi connectivity index (χ3n) is 5.41. The fraction of sp³-hybridized carbons (Fsp3) is 0.208. The monoisotopic (exact) mass is 431 g/mol. The summed E-state index contributed by atoms with van der Waals surface area (Å²) in [6.45, 7) is 5.04. The van der Waals surface area contributed by atoms with Gasteiger partial charge in [0.15, 0.2) is 0 Å². The van der Waals surface area contributed by atoms with Crippen molar-refractivity contribution >= 4 is 38.4 Å². The molecule has 2 N–H and O–H groups in total. The summed E-state index contributed by atoms with van der Waals surface area (Å²) in [4.78, 5) is 17.6. The number of rotatable bonds is 6. The number of hydrogen-bond acceptors (Lipinski definition) is 5. The Hall–Kier alpha value is -3.32. The molecule has 0 aliphatic carbocycles. The number of thiophene rings is 1. The minimum Gasteiger partial charge on any atom is -0.369 e. The lowest BCUT2D eigenvalue weighted by molar-refractivity contribution is 0.629. The van der Waals surface area contributed by atoms with Gasteiger partial charge in [0, 0.05) is 23.9 Å². The quantitative estimate of drug-likeness (QED) is 0.338. The largest absolute Gasteiger partial charge is 0.369 e. The number of fused-ring (bicyclic) bond motifs is 2. The Morgan fingerprint density at radius 3 is 2.74 bits per heavy atom. The van der Waals surface area contributed by atoms with Gasteiger partial charge < -0.3 is 10.3 Å². The van der Waals surface area contributed by atoms with Crippen LogP contribution in [0.4, 0.5) is 10.2 Å². The Kier molecular flexibility index (Phi) is 5.11. The zero-order valence-corrected chi connectivity index (χ0v) is 18.1. The van der Waals surface area contributed by atoms with Gasteiger partial charge in [0.2, 0.25) is 0 Å². The van der Waals surface area contributed by atoms with E-state index in [0.717, 1.165) is 38.5 Å². The van der Waals surface area contributed by atoms with Gasteiger partial charge >= 0.3 is 0 Å². The number of anilines is 1. The molecule has 5 nitrogen and oxygen atoms in total. The summed E-state index contributed by atoms with van der Waals surface area (Å²) in [6.07, 6.45) is 2.27. The van der Waals surface area contributed by atoms with Gasteiger partial charge in [0.05, 0.1) is 16.4 Å². The zero-order valence-electron chi connectivity index (χ0n) is 17.3. The number of H-pyrrole nitrogens is 1. The third-order valence-corrected chi connectivity index (χ3v) is 6.29. The topological polar surface area (TPSA) is 66.5 Å². The highest BCUT2D eigenvalue weighted by atomic mass is 32.1. The van der Waals surface area contributed by atoms with Crippen LogP contribution in [0.1, 0.15) is 31.2 Å². The zero-order chi connectivity index (χ0) is 21.4. The van der Waals surface area contributed by atoms with Gasteiger partial charge in [-0.2, -0.15) is 0 Å². The van der Waals surface area contributed by atoms with E-state index >= 15 is 0 Å². The molecule has 5 rings (SSSR count). The van der Waals surface area contributed by atoms with E-state index in [9.17, 15) is 4.39 Å². The molecule has 0 saturated carbocycles. The van der Waals surface area contributed by atoms with Gasteiger partial charge in [0.1, 0.15) is 28.6 Å². The summed E-state index contributed by atoms with van der Waals surface area (Å²) in [6, 6.07) is 13.3. The summed E-state index contributed by atoms with van der Waals surface area (Å²) in [5.74, 6) is 1.86. The first kappa shape index (κ1) is 19.6. The van der Waals surface area contributed by atoms with Gasteiger partial charge in [-0.3, -0.25) is 0 Å². The van der Waals surface area contributed by atoms with E-state index in [1.165, 1.54) is 17.7 Å². The number of benzene rings is 2. The molecule has 0 amide bonds. The first-order chi connectivity index (χ1) is 15.1. The highest BCUT2D eigenvalue weighted by molar-refractivity contribution is 7.17. The number of aromatic amines is 1. The van der Waals surface area contributed by atoms with Crippen LogP contribution < -0.4 is 5.32 Å². The van der Waals surface area contributed by atoms with Gasteiger partial charge in [-0.25, -0.2) is 19.3 Å². The second-order valence-corrected chi connectivity index (χ2v) is 8.71. The van der Waals surface area contributed by atoms with E-state index in [-0.39, 0.29) is 5.82 Å². The summed E-state index contributed by atoms with van der Waals surface area (Å²) in [5.41, 5.74) is 5.10. The van der Waals surface area contributed by atoms with E-state index in [4.69, 9.17) is 0 Å². The Labute approximate surface area is 183 Å². The summed E-state index contributed by atoms with van der Waals surface area (Å²) < 4.78 is 13.4. The third kappa shape index (κ3) is 3.88. The molecular weight excluding hydrogens is 409 g/mol. The SMILES string of the molecule is CC(C)c1ccc(-c2csc3ncnc(NCCc4nc5ccc(F)cc5[nH]4)c23)cc1. The maximum Gasteiger partial charge on any atom is 0.138 e. The van der Waals surface area contributed by atoms with E-state index in [0.29, 0.717) is 24.4 Å². The summed E-state index contributed by atoms with van der Waals surface area (Å²) in [5, 5.41) is 6.62. The fourth-order valence-electron chi connectivity index (χ4n) is 3.72. The van der Waals surface area contributed by atoms with Crippen molar-refractivity contribution in [1.29, 1.82) is 0 Å². The molecule has 2 aromatic carbocycles. The molecule has 0 unspecified atom stereocenters. The van der Waals surface area contributed by atoms with Crippen LogP contribution >= 0.6 is 11.3 Å². The van der Waals surface area contributed by atoms with Gasteiger partial charge in [-0.15, -0.1) is 11.3 Å². The van der Waals surface area contributed by atoms with Crippen molar-refractivity contribution in [1.82, 2.24) is 19.9 Å². The average molecular weight is 432 g/mol. The average Bonchev–Trinajstić information content (AvgIpc) is 3.38. The summed E-state index contributed by atoms with van der Waals surface area (Å²) in [7, 11) is 0. The van der Waals surface area contributed by atoms with Crippen molar-refractivity contribution in [2.24, 2.45) is 0 Å². The highest BCUT2D eigenvalue weighted by Crippen LogP contribution is 2.36. The molecule has 0 radical (unpaired) electrons. The molecule has 0 saturated heterocycles. The Balaban J connectivity index is 1.38. The van der Waals surface area contributed by atoms with Crippen molar-refractivity contribution in [3.63, 3.8) is 0 Å². The molecule has 0 fully saturated rings. The van der Waals surface area contributed by atoms with Crippen molar-refractivity contribution in [2.75, 3.05) is 11.9 Å². The maximum absolute atomic E-state index is 13.4. The van der Waals surface area contributed by atoms with Crippen LogP contribution in [0, 0.1) is 5.82 Å². The number of aromatic nitrogens is 4. The van der Waals surface area contributed by atoms with Crippen LogP contribution in [0.3, 0.4) is 0 Å². The molecule has 3 heterocycles. The van der Waals surface area contributed by atoms with Crippen LogP contribution in [0.25, 0.3) is 32.4 Å². The minimum absolute atomic E-state index is 0.268. The molecule has 0 atom stereocenters. The predicted octanol–water partition coefficient (Wildman–Crippen LogP) is 6.15. The van der Waals surface area contributed by atoms with Crippen LogP contribution in [-0.4, -0.2) is 26.5 Å².